The molecule has 0 aliphatic rings. The first kappa shape index (κ1) is 17.4. The van der Waals surface area contributed by atoms with Crippen LogP contribution in [0.3, 0.4) is 0 Å². The molecule has 0 aliphatic heterocycles. The summed E-state index contributed by atoms with van der Waals surface area (Å²) in [6.07, 6.45) is 0.0307. The minimum absolute atomic E-state index is 0.362. The van der Waals surface area contributed by atoms with Gasteiger partial charge in [-0.25, -0.2) is 0 Å². The van der Waals surface area contributed by atoms with Gasteiger partial charge in [-0.3, -0.25) is 9.88 Å². The number of tetrazole rings is 1. The van der Waals surface area contributed by atoms with Crippen molar-refractivity contribution in [2.45, 2.75) is 12.5 Å². The summed E-state index contributed by atoms with van der Waals surface area (Å²) in [5.41, 5.74) is 3.22. The second-order valence-corrected chi connectivity index (χ2v) is 7.26. The van der Waals surface area contributed by atoms with Crippen LogP contribution in [0.15, 0.2) is 54.6 Å². The number of nitrogens with zero attached hydrogens (tertiary/aromatic N) is 3. The van der Waals surface area contributed by atoms with E-state index in [1.54, 1.807) is 0 Å². The molecule has 1 aromatic heterocycles. The average Bonchev–Trinajstić information content (AvgIpc) is 3.14. The zero-order valence-corrected chi connectivity index (χ0v) is 14.2. The second-order valence-electron chi connectivity index (χ2n) is 5.62. The van der Waals surface area contributed by atoms with Crippen molar-refractivity contribution in [3.8, 4) is 11.1 Å². The molecular formula is C16H18N5O3P. The highest BCUT2D eigenvalue weighted by molar-refractivity contribution is 7.51. The minimum Gasteiger partial charge on any atom is -0.324 e. The van der Waals surface area contributed by atoms with Crippen molar-refractivity contribution in [1.82, 2.24) is 25.9 Å². The molecule has 2 aromatic carbocycles. The molecule has 0 radical (unpaired) electrons. The molecule has 1 unspecified atom stereocenters. The summed E-state index contributed by atoms with van der Waals surface area (Å²) >= 11 is 0. The van der Waals surface area contributed by atoms with E-state index in [0.29, 0.717) is 12.2 Å². The van der Waals surface area contributed by atoms with Crippen molar-refractivity contribution in [3.05, 3.63) is 66.0 Å². The lowest BCUT2D eigenvalue weighted by atomic mass is 10.0. The first-order chi connectivity index (χ1) is 12.0. The van der Waals surface area contributed by atoms with E-state index in [4.69, 9.17) is 9.79 Å². The quantitative estimate of drug-likeness (QED) is 0.475. The van der Waals surface area contributed by atoms with Crippen LogP contribution in [-0.4, -0.2) is 36.7 Å². The van der Waals surface area contributed by atoms with E-state index < -0.39 is 19.9 Å². The monoisotopic (exact) mass is 359 g/mol. The van der Waals surface area contributed by atoms with Crippen LogP contribution in [0.2, 0.25) is 0 Å². The largest absolute Gasteiger partial charge is 0.339 e. The Kier molecular flexibility index (Phi) is 5.35. The Hall–Kier alpha value is -2.38. The highest BCUT2D eigenvalue weighted by Gasteiger charge is 2.21. The molecule has 1 atom stereocenters. The molecule has 4 N–H and O–H groups in total. The van der Waals surface area contributed by atoms with Crippen molar-refractivity contribution < 1.29 is 14.4 Å². The standard InChI is InChI=1S/C16H18N5O3P/c22-25(23,24)11-17-15(16-18-20-21-19-16)10-12-6-8-14(9-7-12)13-4-2-1-3-5-13/h1-9,15,17H,10-11H2,(H2,22,23,24)(H,18,19,20,21). The Balaban J connectivity index is 1.74. The Morgan fingerprint density at radius 2 is 1.72 bits per heavy atom. The van der Waals surface area contributed by atoms with Crippen molar-refractivity contribution in [2.75, 3.05) is 6.29 Å². The maximum Gasteiger partial charge on any atom is 0.339 e. The van der Waals surface area contributed by atoms with Crippen LogP contribution in [0, 0.1) is 0 Å². The highest BCUT2D eigenvalue weighted by Crippen LogP contribution is 2.33. The van der Waals surface area contributed by atoms with Crippen LogP contribution in [0.25, 0.3) is 11.1 Å². The van der Waals surface area contributed by atoms with Gasteiger partial charge in [-0.1, -0.05) is 59.8 Å². The van der Waals surface area contributed by atoms with Gasteiger partial charge in [-0.2, -0.15) is 5.21 Å². The van der Waals surface area contributed by atoms with Crippen LogP contribution in [-0.2, 0) is 11.0 Å². The number of rotatable bonds is 7. The summed E-state index contributed by atoms with van der Waals surface area (Å²) in [6.45, 7) is 0. The molecule has 130 valence electrons. The molecule has 0 spiro atoms. The van der Waals surface area contributed by atoms with Gasteiger partial charge in [0.1, 0.15) is 0 Å². The van der Waals surface area contributed by atoms with Crippen LogP contribution < -0.4 is 5.32 Å². The third-order valence-corrected chi connectivity index (χ3v) is 4.31. The number of hydrogen-bond acceptors (Lipinski definition) is 5. The maximum absolute atomic E-state index is 11.1. The Labute approximate surface area is 144 Å². The predicted octanol–water partition coefficient (Wildman–Crippen LogP) is 1.88. The van der Waals surface area contributed by atoms with Crippen LogP contribution in [0.5, 0.6) is 0 Å². The van der Waals surface area contributed by atoms with Gasteiger partial charge in [0.15, 0.2) is 5.82 Å². The number of H-pyrrole nitrogens is 1. The van der Waals surface area contributed by atoms with Gasteiger partial charge in [-0.15, -0.1) is 10.2 Å². The van der Waals surface area contributed by atoms with E-state index in [-0.39, 0.29) is 0 Å². The molecule has 0 bridgehead atoms. The summed E-state index contributed by atoms with van der Waals surface area (Å²) in [6, 6.07) is 17.6. The average molecular weight is 359 g/mol. The van der Waals surface area contributed by atoms with Gasteiger partial charge in [-0.05, 0) is 23.1 Å². The summed E-state index contributed by atoms with van der Waals surface area (Å²) in [7, 11) is -4.17. The maximum atomic E-state index is 11.1. The highest BCUT2D eigenvalue weighted by atomic mass is 31.2. The van der Waals surface area contributed by atoms with Crippen LogP contribution >= 0.6 is 7.60 Å². The SMILES string of the molecule is O=P(O)(O)CNC(Cc1ccc(-c2ccccc2)cc1)c1nn[nH]n1. The van der Waals surface area contributed by atoms with Gasteiger partial charge in [0, 0.05) is 0 Å². The fourth-order valence-corrected chi connectivity index (χ4v) is 2.96. The fourth-order valence-electron chi connectivity index (χ4n) is 2.50. The van der Waals surface area contributed by atoms with Gasteiger partial charge in [0.25, 0.3) is 0 Å². The summed E-state index contributed by atoms with van der Waals surface area (Å²) in [5.74, 6) is 0.362. The van der Waals surface area contributed by atoms with Gasteiger partial charge < -0.3 is 9.79 Å². The van der Waals surface area contributed by atoms with Crippen LogP contribution in [0.4, 0.5) is 0 Å². The van der Waals surface area contributed by atoms with Gasteiger partial charge >= 0.3 is 7.60 Å². The number of aromatic amines is 1. The number of hydrogen-bond donors (Lipinski definition) is 4. The molecule has 8 nitrogen and oxygen atoms in total. The molecule has 0 amide bonds. The van der Waals surface area contributed by atoms with E-state index in [9.17, 15) is 4.57 Å². The Bertz CT molecular complexity index is 834. The molecule has 0 saturated carbocycles. The molecular weight excluding hydrogens is 341 g/mol. The molecule has 9 heteroatoms. The Morgan fingerprint density at radius 3 is 2.32 bits per heavy atom. The molecule has 0 fully saturated rings. The van der Waals surface area contributed by atoms with E-state index in [1.807, 2.05) is 54.6 Å². The lowest BCUT2D eigenvalue weighted by Crippen LogP contribution is -2.25. The second kappa shape index (κ2) is 7.67. The van der Waals surface area contributed by atoms with E-state index in [2.05, 4.69) is 25.9 Å². The number of benzene rings is 2. The number of aromatic nitrogens is 4. The summed E-state index contributed by atoms with van der Waals surface area (Å²) in [5, 5.41) is 16.5. The van der Waals surface area contributed by atoms with Crippen molar-refractivity contribution >= 4 is 7.60 Å². The summed E-state index contributed by atoms with van der Waals surface area (Å²) < 4.78 is 11.1. The normalized spacial score (nSPS) is 12.9. The van der Waals surface area contributed by atoms with E-state index in [1.165, 1.54) is 0 Å². The molecule has 3 aromatic rings. The third-order valence-electron chi connectivity index (χ3n) is 3.72. The first-order valence-electron chi connectivity index (χ1n) is 7.67. The van der Waals surface area contributed by atoms with E-state index in [0.717, 1.165) is 16.7 Å². The predicted molar refractivity (Wildman–Crippen MR) is 92.5 cm³/mol. The topological polar surface area (TPSA) is 124 Å². The number of nitrogens with one attached hydrogen (secondary N) is 2. The molecule has 3 rings (SSSR count). The molecule has 25 heavy (non-hydrogen) atoms. The lowest BCUT2D eigenvalue weighted by molar-refractivity contribution is 0.362. The molecule has 1 heterocycles. The van der Waals surface area contributed by atoms with Crippen molar-refractivity contribution in [1.29, 1.82) is 0 Å². The minimum atomic E-state index is -4.17. The third kappa shape index (κ3) is 5.04. The fraction of sp³-hybridized carbons (Fsp3) is 0.188. The van der Waals surface area contributed by atoms with Crippen molar-refractivity contribution in [3.63, 3.8) is 0 Å². The van der Waals surface area contributed by atoms with Crippen LogP contribution in [0.1, 0.15) is 17.4 Å². The first-order valence-corrected chi connectivity index (χ1v) is 9.47. The van der Waals surface area contributed by atoms with Crippen molar-refractivity contribution in [2.24, 2.45) is 0 Å². The molecule has 0 aliphatic carbocycles. The zero-order valence-electron chi connectivity index (χ0n) is 13.3. The smallest absolute Gasteiger partial charge is 0.324 e. The lowest BCUT2D eigenvalue weighted by Gasteiger charge is -2.16. The zero-order chi connectivity index (χ0) is 17.7. The van der Waals surface area contributed by atoms with Gasteiger partial charge in [0.2, 0.25) is 0 Å². The van der Waals surface area contributed by atoms with E-state index >= 15 is 0 Å². The summed E-state index contributed by atoms with van der Waals surface area (Å²) in [4.78, 5) is 18.2. The Morgan fingerprint density at radius 1 is 1.04 bits per heavy atom. The molecule has 0 saturated heterocycles. The van der Waals surface area contributed by atoms with Gasteiger partial charge in [0.05, 0.1) is 12.3 Å².